The Balaban J connectivity index is 3.02. The van der Waals surface area contributed by atoms with Crippen LogP contribution in [0.4, 0.5) is 11.9 Å². The molecule has 0 unspecified atom stereocenters. The molecule has 0 bridgehead atoms. The average Bonchev–Trinajstić information content (AvgIpc) is 2.23. The van der Waals surface area contributed by atoms with E-state index in [4.69, 9.17) is 15.6 Å². The van der Waals surface area contributed by atoms with Crippen LogP contribution in [0.15, 0.2) is 0 Å². The maximum absolute atomic E-state index is 9.06. The van der Waals surface area contributed by atoms with Gasteiger partial charge >= 0.3 is 6.01 Å². The molecule has 0 atom stereocenters. The van der Waals surface area contributed by atoms with E-state index in [9.17, 15) is 0 Å². The number of anilines is 2. The number of hydrogen-bond donors (Lipinski definition) is 2. The van der Waals surface area contributed by atoms with Crippen molar-refractivity contribution in [3.8, 4) is 6.01 Å². The second kappa shape index (κ2) is 6.34. The van der Waals surface area contributed by atoms with Gasteiger partial charge in [0.2, 0.25) is 11.9 Å². The Kier molecular flexibility index (Phi) is 5.08. The first-order chi connectivity index (χ1) is 8.43. The van der Waals surface area contributed by atoms with E-state index in [0.717, 1.165) is 0 Å². The van der Waals surface area contributed by atoms with Gasteiger partial charge in [-0.05, 0) is 27.7 Å². The van der Waals surface area contributed by atoms with Gasteiger partial charge in [-0.1, -0.05) is 0 Å². The molecule has 1 heterocycles. The van der Waals surface area contributed by atoms with Gasteiger partial charge in [0.25, 0.3) is 0 Å². The number of rotatable bonds is 6. The molecule has 0 fully saturated rings. The number of aliphatic hydroxyl groups excluding tert-OH is 1. The van der Waals surface area contributed by atoms with Crippen LogP contribution in [0.1, 0.15) is 27.7 Å². The number of aliphatic hydroxyl groups is 1. The van der Waals surface area contributed by atoms with Crippen LogP contribution in [-0.2, 0) is 0 Å². The van der Waals surface area contributed by atoms with Crippen molar-refractivity contribution in [2.24, 2.45) is 0 Å². The lowest BCUT2D eigenvalue weighted by Gasteiger charge is -2.26. The van der Waals surface area contributed by atoms with Crippen LogP contribution >= 0.6 is 0 Å². The van der Waals surface area contributed by atoms with Gasteiger partial charge in [0.15, 0.2) is 0 Å². The standard InChI is InChI=1S/C11H21N5O2/c1-7(2)16(5-6-17)10-13-9(12)14-11(15-10)18-8(3)4/h7-8,17H,5-6H2,1-4H3,(H2,12,13,14,15). The van der Waals surface area contributed by atoms with Crippen LogP contribution in [0.25, 0.3) is 0 Å². The van der Waals surface area contributed by atoms with Crippen molar-refractivity contribution < 1.29 is 9.84 Å². The average molecular weight is 255 g/mol. The topological polar surface area (TPSA) is 97.4 Å². The summed E-state index contributed by atoms with van der Waals surface area (Å²) in [5, 5.41) is 9.06. The van der Waals surface area contributed by atoms with E-state index in [-0.39, 0.29) is 30.7 Å². The smallest absolute Gasteiger partial charge is 0.323 e. The van der Waals surface area contributed by atoms with Crippen molar-refractivity contribution in [3.63, 3.8) is 0 Å². The predicted octanol–water partition coefficient (Wildman–Crippen LogP) is 0.448. The Morgan fingerprint density at radius 2 is 1.89 bits per heavy atom. The Labute approximate surface area is 107 Å². The van der Waals surface area contributed by atoms with Gasteiger partial charge in [-0.2, -0.15) is 15.0 Å². The van der Waals surface area contributed by atoms with E-state index in [1.54, 1.807) is 0 Å². The van der Waals surface area contributed by atoms with Crippen molar-refractivity contribution in [2.45, 2.75) is 39.8 Å². The van der Waals surface area contributed by atoms with E-state index >= 15 is 0 Å². The molecule has 0 saturated heterocycles. The van der Waals surface area contributed by atoms with Crippen molar-refractivity contribution >= 4 is 11.9 Å². The van der Waals surface area contributed by atoms with E-state index in [1.807, 2.05) is 32.6 Å². The Morgan fingerprint density at radius 3 is 2.39 bits per heavy atom. The molecule has 0 aliphatic carbocycles. The highest BCUT2D eigenvalue weighted by atomic mass is 16.5. The minimum absolute atomic E-state index is 0.0180. The largest absolute Gasteiger partial charge is 0.461 e. The van der Waals surface area contributed by atoms with Crippen LogP contribution in [0.2, 0.25) is 0 Å². The normalized spacial score (nSPS) is 11.1. The fourth-order valence-corrected chi connectivity index (χ4v) is 1.45. The molecule has 7 heteroatoms. The van der Waals surface area contributed by atoms with Gasteiger partial charge in [0, 0.05) is 12.6 Å². The number of aromatic nitrogens is 3. The van der Waals surface area contributed by atoms with Crippen molar-refractivity contribution in [3.05, 3.63) is 0 Å². The van der Waals surface area contributed by atoms with Gasteiger partial charge in [-0.25, -0.2) is 0 Å². The van der Waals surface area contributed by atoms with Crippen LogP contribution in [0.5, 0.6) is 6.01 Å². The van der Waals surface area contributed by atoms with E-state index in [1.165, 1.54) is 0 Å². The highest BCUT2D eigenvalue weighted by Crippen LogP contribution is 2.16. The van der Waals surface area contributed by atoms with Crippen LogP contribution in [-0.4, -0.2) is 45.4 Å². The summed E-state index contributed by atoms with van der Waals surface area (Å²) in [4.78, 5) is 14.0. The molecule has 3 N–H and O–H groups in total. The maximum atomic E-state index is 9.06. The van der Waals surface area contributed by atoms with E-state index < -0.39 is 0 Å². The number of nitrogens with zero attached hydrogens (tertiary/aromatic N) is 4. The number of nitrogens with two attached hydrogens (primary N) is 1. The first-order valence-corrected chi connectivity index (χ1v) is 5.99. The summed E-state index contributed by atoms with van der Waals surface area (Å²) < 4.78 is 5.41. The molecule has 0 aromatic carbocycles. The third-order valence-corrected chi connectivity index (χ3v) is 2.18. The third-order valence-electron chi connectivity index (χ3n) is 2.18. The molecule has 0 saturated carbocycles. The zero-order valence-corrected chi connectivity index (χ0v) is 11.3. The molecule has 0 amide bonds. The van der Waals surface area contributed by atoms with E-state index in [2.05, 4.69) is 15.0 Å². The highest BCUT2D eigenvalue weighted by Gasteiger charge is 2.16. The fraction of sp³-hybridized carbons (Fsp3) is 0.727. The predicted molar refractivity (Wildman–Crippen MR) is 69.6 cm³/mol. The fourth-order valence-electron chi connectivity index (χ4n) is 1.45. The second-order valence-corrected chi connectivity index (χ2v) is 4.45. The van der Waals surface area contributed by atoms with Crippen LogP contribution in [0.3, 0.4) is 0 Å². The molecular weight excluding hydrogens is 234 g/mol. The molecule has 0 aliphatic heterocycles. The van der Waals surface area contributed by atoms with Gasteiger partial charge < -0.3 is 20.5 Å². The summed E-state index contributed by atoms with van der Waals surface area (Å²) >= 11 is 0. The number of nitrogen functional groups attached to an aromatic ring is 1. The van der Waals surface area contributed by atoms with Gasteiger partial charge in [-0.3, -0.25) is 0 Å². The Morgan fingerprint density at radius 1 is 1.22 bits per heavy atom. The highest BCUT2D eigenvalue weighted by molar-refractivity contribution is 5.36. The molecule has 0 spiro atoms. The summed E-state index contributed by atoms with van der Waals surface area (Å²) in [5.74, 6) is 0.529. The molecular formula is C11H21N5O2. The quantitative estimate of drug-likeness (QED) is 0.761. The van der Waals surface area contributed by atoms with Crippen LogP contribution < -0.4 is 15.4 Å². The Hall–Kier alpha value is -1.63. The number of ether oxygens (including phenoxy) is 1. The zero-order valence-electron chi connectivity index (χ0n) is 11.3. The summed E-state index contributed by atoms with van der Waals surface area (Å²) in [6.45, 7) is 8.19. The van der Waals surface area contributed by atoms with Gasteiger partial charge in [-0.15, -0.1) is 0 Å². The lowest BCUT2D eigenvalue weighted by atomic mass is 10.3. The number of hydrogen-bond acceptors (Lipinski definition) is 7. The lowest BCUT2D eigenvalue weighted by Crippen LogP contribution is -2.35. The summed E-state index contributed by atoms with van der Waals surface area (Å²) in [7, 11) is 0. The molecule has 1 aromatic rings. The molecule has 1 aromatic heterocycles. The molecule has 7 nitrogen and oxygen atoms in total. The third kappa shape index (κ3) is 3.99. The summed E-state index contributed by atoms with van der Waals surface area (Å²) in [6, 6.07) is 0.349. The van der Waals surface area contributed by atoms with Crippen molar-refractivity contribution in [2.75, 3.05) is 23.8 Å². The first kappa shape index (κ1) is 14.4. The molecule has 1 rings (SSSR count). The molecule has 0 aliphatic rings. The second-order valence-electron chi connectivity index (χ2n) is 4.45. The van der Waals surface area contributed by atoms with Gasteiger partial charge in [0.05, 0.1) is 12.7 Å². The summed E-state index contributed by atoms with van der Waals surface area (Å²) in [5.41, 5.74) is 5.64. The summed E-state index contributed by atoms with van der Waals surface area (Å²) in [6.07, 6.45) is -0.0370. The SMILES string of the molecule is CC(C)Oc1nc(N)nc(N(CCO)C(C)C)n1. The molecule has 102 valence electrons. The lowest BCUT2D eigenvalue weighted by molar-refractivity contribution is 0.221. The Bertz CT molecular complexity index is 384. The van der Waals surface area contributed by atoms with E-state index in [0.29, 0.717) is 12.5 Å². The first-order valence-electron chi connectivity index (χ1n) is 5.99. The molecule has 0 radical (unpaired) electrons. The monoisotopic (exact) mass is 255 g/mol. The maximum Gasteiger partial charge on any atom is 0.323 e. The van der Waals surface area contributed by atoms with Gasteiger partial charge in [0.1, 0.15) is 0 Å². The van der Waals surface area contributed by atoms with Crippen molar-refractivity contribution in [1.82, 2.24) is 15.0 Å². The minimum Gasteiger partial charge on any atom is -0.461 e. The van der Waals surface area contributed by atoms with Crippen molar-refractivity contribution in [1.29, 1.82) is 0 Å². The zero-order chi connectivity index (χ0) is 13.7. The molecule has 18 heavy (non-hydrogen) atoms. The minimum atomic E-state index is -0.0370. The van der Waals surface area contributed by atoms with Crippen LogP contribution in [0, 0.1) is 0 Å².